The highest BCUT2D eigenvalue weighted by Crippen LogP contribution is 2.43. The number of hydrogen-bond donors (Lipinski definition) is 1. The van der Waals surface area contributed by atoms with Crippen LogP contribution in [0.5, 0.6) is 0 Å². The van der Waals surface area contributed by atoms with Gasteiger partial charge in [0.2, 0.25) is 0 Å². The SMILES string of the molecule is CN=C(NC1CC1c1c(F)cccc1F)N1CCC(OCC2CC2)CC1. The van der Waals surface area contributed by atoms with E-state index in [-0.39, 0.29) is 17.5 Å². The Morgan fingerprint density at radius 3 is 2.50 bits per heavy atom. The number of likely N-dealkylation sites (tertiary alicyclic amines) is 1. The van der Waals surface area contributed by atoms with Gasteiger partial charge in [0.15, 0.2) is 5.96 Å². The molecular weight excluding hydrogens is 336 g/mol. The van der Waals surface area contributed by atoms with Crippen LogP contribution in [0.3, 0.4) is 0 Å². The zero-order valence-electron chi connectivity index (χ0n) is 15.3. The number of piperidine rings is 1. The summed E-state index contributed by atoms with van der Waals surface area (Å²) in [5, 5.41) is 3.39. The van der Waals surface area contributed by atoms with Crippen LogP contribution in [0.25, 0.3) is 0 Å². The van der Waals surface area contributed by atoms with E-state index < -0.39 is 11.6 Å². The van der Waals surface area contributed by atoms with E-state index in [2.05, 4.69) is 15.2 Å². The molecule has 1 heterocycles. The van der Waals surface area contributed by atoms with Crippen LogP contribution in [0.15, 0.2) is 23.2 Å². The monoisotopic (exact) mass is 363 g/mol. The topological polar surface area (TPSA) is 36.9 Å². The van der Waals surface area contributed by atoms with Crippen LogP contribution >= 0.6 is 0 Å². The number of hydrogen-bond acceptors (Lipinski definition) is 2. The summed E-state index contributed by atoms with van der Waals surface area (Å²) in [5.74, 6) is 0.598. The van der Waals surface area contributed by atoms with Gasteiger partial charge in [0.25, 0.3) is 0 Å². The van der Waals surface area contributed by atoms with E-state index in [0.29, 0.717) is 6.10 Å². The molecule has 0 radical (unpaired) electrons. The summed E-state index contributed by atoms with van der Waals surface area (Å²) >= 11 is 0. The fraction of sp³-hybridized carbons (Fsp3) is 0.650. The van der Waals surface area contributed by atoms with Crippen molar-refractivity contribution in [3.05, 3.63) is 35.4 Å². The van der Waals surface area contributed by atoms with Gasteiger partial charge in [-0.05, 0) is 50.2 Å². The van der Waals surface area contributed by atoms with Crippen LogP contribution in [0.4, 0.5) is 8.78 Å². The highest BCUT2D eigenvalue weighted by atomic mass is 19.1. The second-order valence-electron chi connectivity index (χ2n) is 7.74. The zero-order valence-corrected chi connectivity index (χ0v) is 15.3. The van der Waals surface area contributed by atoms with Crippen molar-refractivity contribution in [2.75, 3.05) is 26.7 Å². The second kappa shape index (κ2) is 7.51. The summed E-state index contributed by atoms with van der Waals surface area (Å²) in [6.45, 7) is 2.72. The lowest BCUT2D eigenvalue weighted by Gasteiger charge is -2.34. The minimum atomic E-state index is -0.456. The molecule has 0 bridgehead atoms. The van der Waals surface area contributed by atoms with E-state index >= 15 is 0 Å². The number of ether oxygens (including phenoxy) is 1. The average molecular weight is 363 g/mol. The van der Waals surface area contributed by atoms with Gasteiger partial charge in [-0.15, -0.1) is 0 Å². The molecule has 1 saturated heterocycles. The molecule has 2 unspecified atom stereocenters. The van der Waals surface area contributed by atoms with Gasteiger partial charge in [0, 0.05) is 44.3 Å². The molecule has 2 saturated carbocycles. The van der Waals surface area contributed by atoms with Gasteiger partial charge in [0.05, 0.1) is 6.10 Å². The van der Waals surface area contributed by atoms with Crippen molar-refractivity contribution in [2.45, 2.75) is 50.2 Å². The maximum Gasteiger partial charge on any atom is 0.193 e. The van der Waals surface area contributed by atoms with Crippen LogP contribution in [0.2, 0.25) is 0 Å². The molecule has 26 heavy (non-hydrogen) atoms. The Hall–Kier alpha value is -1.69. The van der Waals surface area contributed by atoms with Crippen LogP contribution in [0, 0.1) is 17.6 Å². The highest BCUT2D eigenvalue weighted by molar-refractivity contribution is 5.80. The predicted molar refractivity (Wildman–Crippen MR) is 97.3 cm³/mol. The van der Waals surface area contributed by atoms with E-state index in [4.69, 9.17) is 4.74 Å². The molecule has 2 aliphatic carbocycles. The standard InChI is InChI=1S/C20H27F2N3O/c1-23-20(25-9-7-14(8-10-25)26-12-13-5-6-13)24-18-11-15(18)19-16(21)3-2-4-17(19)22/h2-4,13-15,18H,5-12H2,1H3,(H,23,24). The minimum Gasteiger partial charge on any atom is -0.378 e. The molecule has 0 aromatic heterocycles. The Kier molecular flexibility index (Phi) is 5.11. The molecule has 6 heteroatoms. The van der Waals surface area contributed by atoms with Crippen LogP contribution in [0.1, 0.15) is 43.6 Å². The third-order valence-corrected chi connectivity index (χ3v) is 5.69. The summed E-state index contributed by atoms with van der Waals surface area (Å²) in [4.78, 5) is 6.60. The maximum absolute atomic E-state index is 13.9. The predicted octanol–water partition coefficient (Wildman–Crippen LogP) is 3.29. The first-order valence-corrected chi connectivity index (χ1v) is 9.69. The van der Waals surface area contributed by atoms with Gasteiger partial charge < -0.3 is 15.0 Å². The second-order valence-corrected chi connectivity index (χ2v) is 7.74. The molecule has 0 spiro atoms. The van der Waals surface area contributed by atoms with Gasteiger partial charge in [-0.25, -0.2) is 8.78 Å². The van der Waals surface area contributed by atoms with Crippen LogP contribution < -0.4 is 5.32 Å². The number of nitrogens with zero attached hydrogens (tertiary/aromatic N) is 2. The molecule has 3 aliphatic rings. The van der Waals surface area contributed by atoms with Crippen LogP contribution in [-0.4, -0.2) is 49.7 Å². The lowest BCUT2D eigenvalue weighted by molar-refractivity contribution is 0.0131. The quantitative estimate of drug-likeness (QED) is 0.644. The van der Waals surface area contributed by atoms with Gasteiger partial charge in [-0.3, -0.25) is 4.99 Å². The van der Waals surface area contributed by atoms with Gasteiger partial charge in [-0.2, -0.15) is 0 Å². The van der Waals surface area contributed by atoms with Crippen molar-refractivity contribution in [1.82, 2.24) is 10.2 Å². The van der Waals surface area contributed by atoms with E-state index in [1.807, 2.05) is 0 Å². The summed E-state index contributed by atoms with van der Waals surface area (Å²) in [7, 11) is 1.76. The molecule has 3 fully saturated rings. The maximum atomic E-state index is 13.9. The number of rotatable bonds is 5. The number of halogens is 2. The smallest absolute Gasteiger partial charge is 0.193 e. The summed E-state index contributed by atoms with van der Waals surface area (Å²) in [5.41, 5.74) is 0.202. The molecule has 2 atom stereocenters. The molecule has 1 N–H and O–H groups in total. The average Bonchev–Trinajstić information content (AvgIpc) is 3.55. The number of aliphatic imine (C=N–C) groups is 1. The Morgan fingerprint density at radius 1 is 1.19 bits per heavy atom. The van der Waals surface area contributed by atoms with Gasteiger partial charge >= 0.3 is 0 Å². The third-order valence-electron chi connectivity index (χ3n) is 5.69. The molecule has 0 amide bonds. The first kappa shape index (κ1) is 17.7. The number of benzene rings is 1. The molecule has 4 rings (SSSR count). The molecule has 142 valence electrons. The lowest BCUT2D eigenvalue weighted by atomic mass is 10.1. The Balaban J connectivity index is 1.28. The van der Waals surface area contributed by atoms with Gasteiger partial charge in [-0.1, -0.05) is 6.07 Å². The highest BCUT2D eigenvalue weighted by Gasteiger charge is 2.43. The van der Waals surface area contributed by atoms with Gasteiger partial charge in [0.1, 0.15) is 11.6 Å². The van der Waals surface area contributed by atoms with Crippen molar-refractivity contribution in [1.29, 1.82) is 0 Å². The van der Waals surface area contributed by atoms with Crippen molar-refractivity contribution in [3.63, 3.8) is 0 Å². The van der Waals surface area contributed by atoms with E-state index in [1.54, 1.807) is 7.05 Å². The van der Waals surface area contributed by atoms with Crippen molar-refractivity contribution >= 4 is 5.96 Å². The largest absolute Gasteiger partial charge is 0.378 e. The Bertz CT molecular complexity index is 649. The minimum absolute atomic E-state index is 0.0453. The molecule has 4 nitrogen and oxygen atoms in total. The van der Waals surface area contributed by atoms with Crippen LogP contribution in [-0.2, 0) is 4.74 Å². The van der Waals surface area contributed by atoms with Crippen molar-refractivity contribution < 1.29 is 13.5 Å². The van der Waals surface area contributed by atoms with E-state index in [9.17, 15) is 8.78 Å². The molecule has 1 aliphatic heterocycles. The lowest BCUT2D eigenvalue weighted by Crippen LogP contribution is -2.47. The molecular formula is C20H27F2N3O. The summed E-state index contributed by atoms with van der Waals surface area (Å²) in [6.07, 6.45) is 5.73. The van der Waals surface area contributed by atoms with E-state index in [1.165, 1.54) is 31.0 Å². The first-order chi connectivity index (χ1) is 12.7. The third kappa shape index (κ3) is 4.00. The molecule has 1 aromatic rings. The fourth-order valence-electron chi connectivity index (χ4n) is 3.79. The normalized spacial score (nSPS) is 26.9. The zero-order chi connectivity index (χ0) is 18.1. The van der Waals surface area contributed by atoms with Crippen molar-refractivity contribution in [3.8, 4) is 0 Å². The first-order valence-electron chi connectivity index (χ1n) is 9.69. The Morgan fingerprint density at radius 2 is 1.88 bits per heavy atom. The van der Waals surface area contributed by atoms with E-state index in [0.717, 1.165) is 50.8 Å². The van der Waals surface area contributed by atoms with Crippen molar-refractivity contribution in [2.24, 2.45) is 10.9 Å². The Labute approximate surface area is 153 Å². The summed E-state index contributed by atoms with van der Waals surface area (Å²) in [6, 6.07) is 4.11. The number of guanidine groups is 1. The molecule has 1 aromatic carbocycles. The summed E-state index contributed by atoms with van der Waals surface area (Å²) < 4.78 is 33.9. The fourth-order valence-corrected chi connectivity index (χ4v) is 3.79. The number of nitrogens with one attached hydrogen (secondary N) is 1.